The van der Waals surface area contributed by atoms with Gasteiger partial charge in [-0.1, -0.05) is 17.7 Å². The summed E-state index contributed by atoms with van der Waals surface area (Å²) in [6.45, 7) is 2.33. The molecule has 132 valence electrons. The zero-order chi connectivity index (χ0) is 18.2. The highest BCUT2D eigenvalue weighted by atomic mass is 35.5. The lowest BCUT2D eigenvalue weighted by Crippen LogP contribution is -2.17. The predicted octanol–water partition coefficient (Wildman–Crippen LogP) is 2.33. The van der Waals surface area contributed by atoms with Gasteiger partial charge in [0.2, 0.25) is 5.91 Å². The molecule has 0 bridgehead atoms. The Morgan fingerprint density at radius 2 is 2.12 bits per heavy atom. The normalized spacial score (nSPS) is 10.2. The van der Waals surface area contributed by atoms with Gasteiger partial charge < -0.3 is 21.1 Å². The van der Waals surface area contributed by atoms with Crippen molar-refractivity contribution in [3.63, 3.8) is 0 Å². The van der Waals surface area contributed by atoms with Gasteiger partial charge in [-0.15, -0.1) is 0 Å². The summed E-state index contributed by atoms with van der Waals surface area (Å²) in [4.78, 5) is 31.4. The van der Waals surface area contributed by atoms with Gasteiger partial charge in [0.1, 0.15) is 12.0 Å². The molecule has 0 aliphatic rings. The highest BCUT2D eigenvalue weighted by molar-refractivity contribution is 6.32. The van der Waals surface area contributed by atoms with E-state index in [1.54, 1.807) is 31.2 Å². The Bertz CT molecular complexity index is 769. The number of hydrogen-bond donors (Lipinski definition) is 3. The number of carbonyl (C=O) groups is 2. The van der Waals surface area contributed by atoms with Gasteiger partial charge in [0.05, 0.1) is 12.2 Å². The summed E-state index contributed by atoms with van der Waals surface area (Å²) >= 11 is 5.79. The van der Waals surface area contributed by atoms with Gasteiger partial charge in [-0.2, -0.15) is 0 Å². The topological polar surface area (TPSA) is 119 Å². The van der Waals surface area contributed by atoms with E-state index in [1.807, 2.05) is 0 Å². The molecule has 0 aliphatic heterocycles. The van der Waals surface area contributed by atoms with Crippen molar-refractivity contribution in [1.82, 2.24) is 9.97 Å². The smallest absolute Gasteiger partial charge is 0.338 e. The van der Waals surface area contributed by atoms with Crippen molar-refractivity contribution in [1.29, 1.82) is 0 Å². The highest BCUT2D eigenvalue weighted by Crippen LogP contribution is 2.21. The van der Waals surface area contributed by atoms with Gasteiger partial charge in [0.15, 0.2) is 11.0 Å². The van der Waals surface area contributed by atoms with Crippen LogP contribution in [-0.2, 0) is 9.53 Å². The van der Waals surface area contributed by atoms with Crippen LogP contribution in [0.4, 0.5) is 17.2 Å². The Balaban J connectivity index is 1.87. The predicted molar refractivity (Wildman–Crippen MR) is 95.6 cm³/mol. The third-order valence-electron chi connectivity index (χ3n) is 3.14. The van der Waals surface area contributed by atoms with Crippen LogP contribution >= 0.6 is 11.6 Å². The molecule has 1 aromatic carbocycles. The molecular weight excluding hydrogens is 346 g/mol. The molecule has 8 nitrogen and oxygen atoms in total. The van der Waals surface area contributed by atoms with Gasteiger partial charge in [-0.05, 0) is 25.1 Å². The Kier molecular flexibility index (Phi) is 6.53. The van der Waals surface area contributed by atoms with Crippen LogP contribution in [0.15, 0.2) is 30.6 Å². The average Bonchev–Trinajstić information content (AvgIpc) is 2.59. The number of benzene rings is 1. The number of halogens is 1. The second-order valence-corrected chi connectivity index (χ2v) is 5.31. The van der Waals surface area contributed by atoms with Crippen LogP contribution in [0.1, 0.15) is 23.7 Å². The maximum absolute atomic E-state index is 12.0. The minimum atomic E-state index is -0.434. The summed E-state index contributed by atoms with van der Waals surface area (Å²) in [5.74, 6) is -0.291. The van der Waals surface area contributed by atoms with E-state index in [2.05, 4.69) is 20.6 Å². The number of esters is 1. The lowest BCUT2D eigenvalue weighted by Gasteiger charge is -2.09. The van der Waals surface area contributed by atoms with Crippen molar-refractivity contribution in [2.24, 2.45) is 0 Å². The molecule has 9 heteroatoms. The average molecular weight is 364 g/mol. The number of aromatic nitrogens is 2. The first-order chi connectivity index (χ1) is 12.0. The number of carbonyl (C=O) groups excluding carboxylic acids is 2. The molecule has 1 amide bonds. The van der Waals surface area contributed by atoms with Crippen molar-refractivity contribution >= 4 is 40.7 Å². The van der Waals surface area contributed by atoms with E-state index in [0.29, 0.717) is 23.6 Å². The molecule has 0 spiro atoms. The van der Waals surface area contributed by atoms with Crippen LogP contribution in [0, 0.1) is 0 Å². The molecule has 0 atom stereocenters. The zero-order valence-electron chi connectivity index (χ0n) is 13.6. The SMILES string of the molecule is CCOC(=O)c1cccc(NC(=O)CCNc2ncnc(Cl)c2N)c1. The van der Waals surface area contributed by atoms with Gasteiger partial charge in [0.25, 0.3) is 0 Å². The fourth-order valence-corrected chi connectivity index (χ4v) is 2.10. The van der Waals surface area contributed by atoms with Crippen LogP contribution in [-0.4, -0.2) is 35.0 Å². The van der Waals surface area contributed by atoms with Gasteiger partial charge in [-0.3, -0.25) is 4.79 Å². The Hall–Kier alpha value is -2.87. The number of nitrogen functional groups attached to an aromatic ring is 1. The van der Waals surface area contributed by atoms with Crippen LogP contribution in [0.2, 0.25) is 5.15 Å². The molecule has 25 heavy (non-hydrogen) atoms. The minimum Gasteiger partial charge on any atom is -0.462 e. The number of ether oxygens (including phenoxy) is 1. The first-order valence-electron chi connectivity index (χ1n) is 7.58. The summed E-state index contributed by atoms with van der Waals surface area (Å²) in [6.07, 6.45) is 1.45. The third-order valence-corrected chi connectivity index (χ3v) is 3.44. The van der Waals surface area contributed by atoms with Crippen molar-refractivity contribution in [3.8, 4) is 0 Å². The standard InChI is InChI=1S/C16H18ClN5O3/c1-2-25-16(24)10-4-3-5-11(8-10)22-12(23)6-7-19-15-13(18)14(17)20-9-21-15/h3-5,8-9H,2,6-7,18H2,1H3,(H,22,23)(H,19,20,21). The summed E-state index contributed by atoms with van der Waals surface area (Å²) in [6, 6.07) is 6.54. The summed E-state index contributed by atoms with van der Waals surface area (Å²) < 4.78 is 4.93. The maximum atomic E-state index is 12.0. The molecule has 0 saturated heterocycles. The van der Waals surface area contributed by atoms with E-state index >= 15 is 0 Å². The number of anilines is 3. The van der Waals surface area contributed by atoms with Crippen molar-refractivity contribution in [2.75, 3.05) is 29.5 Å². The van der Waals surface area contributed by atoms with Crippen LogP contribution in [0.5, 0.6) is 0 Å². The molecule has 2 rings (SSSR count). The maximum Gasteiger partial charge on any atom is 0.338 e. The van der Waals surface area contributed by atoms with Gasteiger partial charge >= 0.3 is 5.97 Å². The molecule has 1 aromatic heterocycles. The molecule has 0 unspecified atom stereocenters. The van der Waals surface area contributed by atoms with Crippen molar-refractivity contribution in [3.05, 3.63) is 41.3 Å². The number of hydrogen-bond acceptors (Lipinski definition) is 7. The lowest BCUT2D eigenvalue weighted by atomic mass is 10.2. The molecule has 0 aliphatic carbocycles. The Labute approximate surface area is 149 Å². The number of nitrogens with one attached hydrogen (secondary N) is 2. The summed E-state index contributed by atoms with van der Waals surface area (Å²) in [7, 11) is 0. The minimum absolute atomic E-state index is 0.151. The van der Waals surface area contributed by atoms with E-state index in [-0.39, 0.29) is 29.8 Å². The lowest BCUT2D eigenvalue weighted by molar-refractivity contribution is -0.115. The Morgan fingerprint density at radius 3 is 2.88 bits per heavy atom. The highest BCUT2D eigenvalue weighted by Gasteiger charge is 2.09. The quantitative estimate of drug-likeness (QED) is 0.510. The zero-order valence-corrected chi connectivity index (χ0v) is 14.3. The molecule has 1 heterocycles. The summed E-state index contributed by atoms with van der Waals surface area (Å²) in [5, 5.41) is 5.79. The first-order valence-corrected chi connectivity index (χ1v) is 7.96. The third kappa shape index (κ3) is 5.32. The fraction of sp³-hybridized carbons (Fsp3) is 0.250. The number of nitrogens with two attached hydrogens (primary N) is 1. The Morgan fingerprint density at radius 1 is 1.32 bits per heavy atom. The van der Waals surface area contributed by atoms with Crippen molar-refractivity contribution < 1.29 is 14.3 Å². The number of nitrogens with zero attached hydrogens (tertiary/aromatic N) is 2. The first kappa shape index (κ1) is 18.5. The summed E-state index contributed by atoms with van der Waals surface area (Å²) in [5.41, 5.74) is 6.85. The van der Waals surface area contributed by atoms with Crippen LogP contribution in [0.25, 0.3) is 0 Å². The van der Waals surface area contributed by atoms with Gasteiger partial charge in [0, 0.05) is 18.7 Å². The monoisotopic (exact) mass is 363 g/mol. The second-order valence-electron chi connectivity index (χ2n) is 4.95. The fourth-order valence-electron chi connectivity index (χ4n) is 1.97. The molecule has 0 fully saturated rings. The molecule has 0 radical (unpaired) electrons. The molecule has 0 saturated carbocycles. The van der Waals surface area contributed by atoms with E-state index in [4.69, 9.17) is 22.1 Å². The van der Waals surface area contributed by atoms with E-state index in [9.17, 15) is 9.59 Å². The van der Waals surface area contributed by atoms with Crippen LogP contribution in [0.3, 0.4) is 0 Å². The number of rotatable bonds is 7. The molecule has 2 aromatic rings. The van der Waals surface area contributed by atoms with Gasteiger partial charge in [-0.25, -0.2) is 14.8 Å². The van der Waals surface area contributed by atoms with E-state index in [0.717, 1.165) is 0 Å². The van der Waals surface area contributed by atoms with E-state index < -0.39 is 5.97 Å². The van der Waals surface area contributed by atoms with Crippen molar-refractivity contribution in [2.45, 2.75) is 13.3 Å². The second kappa shape index (κ2) is 8.84. The number of amides is 1. The molecular formula is C16H18ClN5O3. The van der Waals surface area contributed by atoms with E-state index in [1.165, 1.54) is 6.33 Å². The van der Waals surface area contributed by atoms with Crippen LogP contribution < -0.4 is 16.4 Å². The molecule has 4 N–H and O–H groups in total. The largest absolute Gasteiger partial charge is 0.462 e.